The number of sulfonamides is 1. The molecular weight excluding hydrogens is 571 g/mol. The summed E-state index contributed by atoms with van der Waals surface area (Å²) in [5, 5.41) is 18.7. The van der Waals surface area contributed by atoms with Gasteiger partial charge in [0.25, 0.3) is 10.0 Å². The van der Waals surface area contributed by atoms with Crippen LogP contribution >= 0.6 is 23.1 Å². The lowest BCUT2D eigenvalue weighted by Gasteiger charge is -2.32. The fraction of sp³-hybridized carbons (Fsp3) is 0.615. The van der Waals surface area contributed by atoms with Crippen LogP contribution < -0.4 is 10.6 Å². The van der Waals surface area contributed by atoms with Crippen molar-refractivity contribution < 1.29 is 17.9 Å². The van der Waals surface area contributed by atoms with E-state index in [0.29, 0.717) is 11.6 Å². The number of likely N-dealkylation sites (N-methyl/N-ethyl adjacent to an activating group) is 1. The van der Waals surface area contributed by atoms with E-state index in [-0.39, 0.29) is 27.1 Å². The maximum absolute atomic E-state index is 12.5. The van der Waals surface area contributed by atoms with Crippen LogP contribution in [0.4, 0.5) is 17.3 Å². The number of nitrogens with one attached hydrogen (secondary N) is 2. The van der Waals surface area contributed by atoms with Crippen LogP contribution in [0.25, 0.3) is 0 Å². The Kier molecular flexibility index (Phi) is 9.78. The Bertz CT molecular complexity index is 1350. The van der Waals surface area contributed by atoms with E-state index in [0.717, 1.165) is 85.1 Å². The molecule has 0 amide bonds. The molecule has 3 N–H and O–H groups in total. The van der Waals surface area contributed by atoms with E-state index >= 15 is 0 Å². The van der Waals surface area contributed by atoms with Gasteiger partial charge in [-0.05, 0) is 49.9 Å². The largest absolute Gasteiger partial charge is 0.504 e. The summed E-state index contributed by atoms with van der Waals surface area (Å²) in [7, 11) is 1.27. The lowest BCUT2D eigenvalue weighted by Crippen LogP contribution is -2.44. The lowest BCUT2D eigenvalue weighted by molar-refractivity contribution is 0.152. The topological polar surface area (TPSA) is 127 Å². The zero-order chi connectivity index (χ0) is 29.1. The molecule has 0 radical (unpaired) electrons. The maximum atomic E-state index is 12.5. The summed E-state index contributed by atoms with van der Waals surface area (Å²) in [5.41, 5.74) is 1.22. The Morgan fingerprint density at radius 3 is 2.52 bits per heavy atom. The smallest absolute Gasteiger partial charge is 0.255 e. The molecule has 0 aromatic carbocycles. The highest BCUT2D eigenvalue weighted by Gasteiger charge is 2.31. The van der Waals surface area contributed by atoms with Gasteiger partial charge in [0, 0.05) is 45.7 Å². The summed E-state index contributed by atoms with van der Waals surface area (Å²) in [6, 6.07) is 1.92. The van der Waals surface area contributed by atoms with E-state index in [4.69, 9.17) is 4.42 Å². The van der Waals surface area contributed by atoms with Crippen molar-refractivity contribution >= 4 is 50.4 Å². The van der Waals surface area contributed by atoms with Gasteiger partial charge >= 0.3 is 0 Å². The quantitative estimate of drug-likeness (QED) is 0.249. The van der Waals surface area contributed by atoms with Gasteiger partial charge < -0.3 is 30.0 Å². The number of unbranched alkanes of at least 4 members (excludes halogenated alkanes) is 1. The normalized spacial score (nSPS) is 16.5. The maximum Gasteiger partial charge on any atom is 0.255 e. The molecule has 0 spiro atoms. The highest BCUT2D eigenvalue weighted by Crippen LogP contribution is 2.42. The predicted octanol–water partition coefficient (Wildman–Crippen LogP) is 4.66. The SMILES string of the molecule is CN1CCN(CCCCc2coc([C@H](Nc3nsnc3Nc3csc(S(=O)(=O)N(C)C)c3O)C(C)(C)C)c2)CC1. The summed E-state index contributed by atoms with van der Waals surface area (Å²) in [5.74, 6) is 1.38. The summed E-state index contributed by atoms with van der Waals surface area (Å²) in [6.45, 7) is 12.1. The molecule has 1 aliphatic heterocycles. The van der Waals surface area contributed by atoms with Gasteiger partial charge in [-0.2, -0.15) is 8.75 Å². The summed E-state index contributed by atoms with van der Waals surface area (Å²) in [6.07, 6.45) is 5.09. The van der Waals surface area contributed by atoms with Crippen molar-refractivity contribution in [3.05, 3.63) is 29.0 Å². The third kappa shape index (κ3) is 7.34. The zero-order valence-corrected chi connectivity index (χ0v) is 26.5. The number of aryl methyl sites for hydroxylation is 1. The molecule has 0 unspecified atom stereocenters. The minimum absolute atomic E-state index is 0.128. The van der Waals surface area contributed by atoms with Crippen LogP contribution in [0.2, 0.25) is 0 Å². The Hall–Kier alpha value is -2.23. The number of thiophene rings is 1. The van der Waals surface area contributed by atoms with Gasteiger partial charge in [0.1, 0.15) is 5.76 Å². The molecule has 14 heteroatoms. The van der Waals surface area contributed by atoms with E-state index < -0.39 is 10.0 Å². The molecule has 11 nitrogen and oxygen atoms in total. The molecular formula is C26H41N7O4S3. The molecule has 3 aromatic heterocycles. The molecule has 40 heavy (non-hydrogen) atoms. The van der Waals surface area contributed by atoms with Crippen LogP contribution in [-0.2, 0) is 16.4 Å². The number of hydrogen-bond acceptors (Lipinski definition) is 12. The van der Waals surface area contributed by atoms with E-state index in [1.807, 2.05) is 6.26 Å². The number of anilines is 3. The number of piperazine rings is 1. The van der Waals surface area contributed by atoms with Gasteiger partial charge in [-0.25, -0.2) is 12.7 Å². The van der Waals surface area contributed by atoms with Gasteiger partial charge in [0.15, 0.2) is 21.6 Å². The van der Waals surface area contributed by atoms with Crippen molar-refractivity contribution in [3.8, 4) is 5.75 Å². The minimum atomic E-state index is -3.77. The second-order valence-electron chi connectivity index (χ2n) is 11.6. The van der Waals surface area contributed by atoms with Gasteiger partial charge in [0.2, 0.25) is 0 Å². The van der Waals surface area contributed by atoms with E-state index in [1.165, 1.54) is 19.7 Å². The average molecular weight is 612 g/mol. The number of nitrogens with zero attached hydrogens (tertiary/aromatic N) is 5. The van der Waals surface area contributed by atoms with Crippen molar-refractivity contribution in [2.24, 2.45) is 5.41 Å². The first-order valence-corrected chi connectivity index (χ1v) is 16.5. The molecule has 3 aromatic rings. The molecule has 0 bridgehead atoms. The summed E-state index contributed by atoms with van der Waals surface area (Å²) in [4.78, 5) is 4.93. The van der Waals surface area contributed by atoms with Crippen molar-refractivity contribution in [2.45, 2.75) is 50.3 Å². The standard InChI is InChI=1S/C26H41N7O4S3/c1-26(2,3)22(20-15-18(16-37-20)9-7-8-10-33-13-11-32(6)12-14-33)28-24-23(29-39-30-24)27-19-17-38-25(21(19)34)40(35,36)31(4)5/h15-17,22,34H,7-14H2,1-6H3,(H,27,29)(H,28,30)/t22-/m0/s1. The van der Waals surface area contributed by atoms with Gasteiger partial charge in [-0.1, -0.05) is 20.8 Å². The number of rotatable bonds is 12. The Morgan fingerprint density at radius 2 is 1.85 bits per heavy atom. The monoisotopic (exact) mass is 611 g/mol. The molecule has 1 fully saturated rings. The second-order valence-corrected chi connectivity index (χ2v) is 15.3. The number of aromatic nitrogens is 2. The lowest BCUT2D eigenvalue weighted by atomic mass is 9.85. The Balaban J connectivity index is 1.40. The highest BCUT2D eigenvalue weighted by molar-refractivity contribution is 7.91. The molecule has 1 atom stereocenters. The number of hydrogen-bond donors (Lipinski definition) is 3. The van der Waals surface area contributed by atoms with E-state index in [1.54, 1.807) is 5.38 Å². The first kappa shape index (κ1) is 30.7. The van der Waals surface area contributed by atoms with Gasteiger partial charge in [-0.15, -0.1) is 11.3 Å². The van der Waals surface area contributed by atoms with Crippen LogP contribution in [0.5, 0.6) is 5.75 Å². The predicted molar refractivity (Wildman–Crippen MR) is 161 cm³/mol. The number of aromatic hydroxyl groups is 1. The van der Waals surface area contributed by atoms with Crippen LogP contribution in [0.15, 0.2) is 26.3 Å². The van der Waals surface area contributed by atoms with E-state index in [9.17, 15) is 13.5 Å². The molecule has 0 saturated carbocycles. The summed E-state index contributed by atoms with van der Waals surface area (Å²) >= 11 is 1.97. The van der Waals surface area contributed by atoms with Crippen LogP contribution in [0, 0.1) is 5.41 Å². The van der Waals surface area contributed by atoms with Crippen LogP contribution in [0.3, 0.4) is 0 Å². The fourth-order valence-corrected chi connectivity index (χ4v) is 7.38. The highest BCUT2D eigenvalue weighted by atomic mass is 32.2. The minimum Gasteiger partial charge on any atom is -0.504 e. The van der Waals surface area contributed by atoms with Crippen LogP contribution in [-0.4, -0.2) is 90.2 Å². The Labute approximate surface area is 245 Å². The second kappa shape index (κ2) is 12.7. The first-order chi connectivity index (χ1) is 18.9. The molecule has 4 heterocycles. The Morgan fingerprint density at radius 1 is 1.15 bits per heavy atom. The first-order valence-electron chi connectivity index (χ1n) is 13.4. The van der Waals surface area contributed by atoms with Gasteiger partial charge in [-0.3, -0.25) is 0 Å². The summed E-state index contributed by atoms with van der Waals surface area (Å²) < 4.78 is 40.8. The zero-order valence-electron chi connectivity index (χ0n) is 24.1. The van der Waals surface area contributed by atoms with Crippen LogP contribution in [0.1, 0.15) is 51.0 Å². The van der Waals surface area contributed by atoms with E-state index in [2.05, 4.69) is 63.1 Å². The molecule has 4 rings (SSSR count). The fourth-order valence-electron chi connectivity index (χ4n) is 4.53. The average Bonchev–Trinajstić information content (AvgIpc) is 3.62. The van der Waals surface area contributed by atoms with Crippen molar-refractivity contribution in [1.29, 1.82) is 0 Å². The third-order valence-electron chi connectivity index (χ3n) is 7.08. The van der Waals surface area contributed by atoms with Crippen molar-refractivity contribution in [2.75, 3.05) is 64.5 Å². The molecule has 1 aliphatic rings. The third-order valence-corrected chi connectivity index (χ3v) is 10.9. The van der Waals surface area contributed by atoms with Gasteiger partial charge in [0.05, 0.1) is 29.7 Å². The molecule has 222 valence electrons. The van der Waals surface area contributed by atoms with Crippen molar-refractivity contribution in [1.82, 2.24) is 22.9 Å². The number of furan rings is 1. The molecule has 0 aliphatic carbocycles. The van der Waals surface area contributed by atoms with Crippen molar-refractivity contribution in [3.63, 3.8) is 0 Å². The molecule has 1 saturated heterocycles.